The summed E-state index contributed by atoms with van der Waals surface area (Å²) in [4.78, 5) is 4.57. The zero-order valence-corrected chi connectivity index (χ0v) is 13.8. The lowest BCUT2D eigenvalue weighted by atomic mass is 10.0. The Morgan fingerprint density at radius 1 is 1.30 bits per heavy atom. The number of pyridine rings is 1. The second-order valence-electron chi connectivity index (χ2n) is 5.50. The number of rotatable bonds is 9. The largest absolute Gasteiger partial charge is 0.496 e. The van der Waals surface area contributed by atoms with Crippen molar-refractivity contribution in [1.29, 1.82) is 0 Å². The number of aryl methyl sites for hydroxylation is 2. The van der Waals surface area contributed by atoms with E-state index in [9.17, 15) is 0 Å². The molecule has 20 heavy (non-hydrogen) atoms. The fraction of sp³-hybridized carbons (Fsp3) is 0.706. The molecule has 3 nitrogen and oxygen atoms in total. The van der Waals surface area contributed by atoms with E-state index >= 15 is 0 Å². The van der Waals surface area contributed by atoms with E-state index < -0.39 is 0 Å². The molecule has 1 N–H and O–H groups in total. The van der Waals surface area contributed by atoms with Crippen molar-refractivity contribution in [2.75, 3.05) is 13.7 Å². The van der Waals surface area contributed by atoms with Gasteiger partial charge in [0, 0.05) is 29.1 Å². The van der Waals surface area contributed by atoms with Gasteiger partial charge in [-0.1, -0.05) is 13.8 Å². The average Bonchev–Trinajstić information content (AvgIpc) is 2.45. The van der Waals surface area contributed by atoms with Crippen molar-refractivity contribution in [2.24, 2.45) is 0 Å². The molecule has 1 unspecified atom stereocenters. The van der Waals surface area contributed by atoms with Gasteiger partial charge in [-0.2, -0.15) is 0 Å². The predicted molar refractivity (Wildman–Crippen MR) is 85.6 cm³/mol. The predicted octanol–water partition coefficient (Wildman–Crippen LogP) is 3.81. The van der Waals surface area contributed by atoms with Gasteiger partial charge in [0.2, 0.25) is 0 Å². The highest BCUT2D eigenvalue weighted by Crippen LogP contribution is 2.25. The number of ether oxygens (including phenoxy) is 1. The van der Waals surface area contributed by atoms with Crippen molar-refractivity contribution >= 4 is 0 Å². The number of nitrogens with one attached hydrogen (secondary N) is 1. The first-order chi connectivity index (χ1) is 9.63. The molecule has 1 atom stereocenters. The van der Waals surface area contributed by atoms with E-state index in [0.29, 0.717) is 6.04 Å². The average molecular weight is 278 g/mol. The lowest BCUT2D eigenvalue weighted by molar-refractivity contribution is 0.406. The molecule has 0 fully saturated rings. The summed E-state index contributed by atoms with van der Waals surface area (Å²) in [6, 6.07) is 0.641. The van der Waals surface area contributed by atoms with Gasteiger partial charge in [-0.3, -0.25) is 4.98 Å². The van der Waals surface area contributed by atoms with E-state index in [2.05, 4.69) is 31.1 Å². The maximum absolute atomic E-state index is 5.47. The summed E-state index contributed by atoms with van der Waals surface area (Å²) in [6.07, 6.45) is 7.75. The first-order valence-corrected chi connectivity index (χ1v) is 7.86. The second kappa shape index (κ2) is 8.96. The van der Waals surface area contributed by atoms with E-state index in [1.807, 2.05) is 13.1 Å². The number of aromatic nitrogens is 1. The Hall–Kier alpha value is -1.09. The van der Waals surface area contributed by atoms with Crippen LogP contribution in [0.15, 0.2) is 6.20 Å². The van der Waals surface area contributed by atoms with Gasteiger partial charge in [0.05, 0.1) is 7.11 Å². The first kappa shape index (κ1) is 17.0. The molecular weight excluding hydrogens is 248 g/mol. The van der Waals surface area contributed by atoms with Crippen LogP contribution < -0.4 is 10.1 Å². The van der Waals surface area contributed by atoms with Crippen molar-refractivity contribution in [2.45, 2.75) is 65.8 Å². The highest BCUT2D eigenvalue weighted by Gasteiger charge is 2.10. The molecule has 0 aromatic carbocycles. The van der Waals surface area contributed by atoms with Gasteiger partial charge in [0.1, 0.15) is 5.75 Å². The summed E-state index contributed by atoms with van der Waals surface area (Å²) in [5.41, 5.74) is 3.49. The Morgan fingerprint density at radius 2 is 2.05 bits per heavy atom. The summed E-state index contributed by atoms with van der Waals surface area (Å²) >= 11 is 0. The van der Waals surface area contributed by atoms with Crippen LogP contribution in [0.3, 0.4) is 0 Å². The molecule has 0 amide bonds. The Kier molecular flexibility index (Phi) is 7.60. The van der Waals surface area contributed by atoms with Crippen LogP contribution in [0.5, 0.6) is 5.75 Å². The minimum Gasteiger partial charge on any atom is -0.496 e. The molecule has 0 spiro atoms. The summed E-state index contributed by atoms with van der Waals surface area (Å²) < 4.78 is 5.47. The second-order valence-corrected chi connectivity index (χ2v) is 5.50. The fourth-order valence-corrected chi connectivity index (χ4v) is 2.64. The Bertz CT molecular complexity index is 404. The summed E-state index contributed by atoms with van der Waals surface area (Å²) in [5.74, 6) is 0.992. The molecule has 0 bridgehead atoms. The van der Waals surface area contributed by atoms with Crippen LogP contribution in [0.4, 0.5) is 0 Å². The molecule has 1 rings (SSSR count). The highest BCUT2D eigenvalue weighted by molar-refractivity contribution is 5.41. The van der Waals surface area contributed by atoms with Gasteiger partial charge in [-0.15, -0.1) is 0 Å². The van der Waals surface area contributed by atoms with E-state index in [-0.39, 0.29) is 0 Å². The van der Waals surface area contributed by atoms with Gasteiger partial charge < -0.3 is 10.1 Å². The molecule has 1 aromatic heterocycles. The smallest absolute Gasteiger partial charge is 0.128 e. The Labute approximate surface area is 124 Å². The SMILES string of the molecule is CCCNC(CC)CCCc1ncc(C)c(OC)c1C. The molecule has 0 radical (unpaired) electrons. The molecular formula is C17H30N2O. The molecule has 114 valence electrons. The lowest BCUT2D eigenvalue weighted by Crippen LogP contribution is -2.29. The molecule has 1 heterocycles. The molecule has 3 heteroatoms. The monoisotopic (exact) mass is 278 g/mol. The molecule has 0 aliphatic heterocycles. The first-order valence-electron chi connectivity index (χ1n) is 7.86. The van der Waals surface area contributed by atoms with Gasteiger partial charge in [0.15, 0.2) is 0 Å². The van der Waals surface area contributed by atoms with Crippen molar-refractivity contribution in [3.05, 3.63) is 23.0 Å². The maximum Gasteiger partial charge on any atom is 0.128 e. The van der Waals surface area contributed by atoms with Crippen LogP contribution in [0, 0.1) is 13.8 Å². The molecule has 0 aliphatic carbocycles. The van der Waals surface area contributed by atoms with Gasteiger partial charge >= 0.3 is 0 Å². The minimum atomic E-state index is 0.641. The number of methoxy groups -OCH3 is 1. The number of hydrogen-bond donors (Lipinski definition) is 1. The third-order valence-corrected chi connectivity index (χ3v) is 3.89. The Morgan fingerprint density at radius 3 is 2.65 bits per heavy atom. The van der Waals surface area contributed by atoms with Crippen molar-refractivity contribution in [3.8, 4) is 5.75 Å². The van der Waals surface area contributed by atoms with Gasteiger partial charge in [0.25, 0.3) is 0 Å². The van der Waals surface area contributed by atoms with Crippen LogP contribution in [-0.2, 0) is 6.42 Å². The summed E-state index contributed by atoms with van der Waals surface area (Å²) in [6.45, 7) is 9.75. The molecule has 0 aliphatic rings. The molecule has 0 saturated heterocycles. The normalized spacial score (nSPS) is 12.4. The summed E-state index contributed by atoms with van der Waals surface area (Å²) in [7, 11) is 1.74. The standard InChI is InChI=1S/C17H30N2O/c1-6-11-18-15(7-2)9-8-10-16-14(4)17(20-5)13(3)12-19-16/h12,15,18H,6-11H2,1-5H3. The number of hydrogen-bond acceptors (Lipinski definition) is 3. The van der Waals surface area contributed by atoms with Gasteiger partial charge in [-0.05, 0) is 52.5 Å². The maximum atomic E-state index is 5.47. The Balaban J connectivity index is 2.53. The fourth-order valence-electron chi connectivity index (χ4n) is 2.64. The molecule has 0 saturated carbocycles. The van der Waals surface area contributed by atoms with Crippen LogP contribution in [0.1, 0.15) is 56.4 Å². The van der Waals surface area contributed by atoms with E-state index in [0.717, 1.165) is 24.3 Å². The van der Waals surface area contributed by atoms with Crippen LogP contribution in [0.25, 0.3) is 0 Å². The van der Waals surface area contributed by atoms with E-state index in [1.54, 1.807) is 7.11 Å². The van der Waals surface area contributed by atoms with Crippen LogP contribution >= 0.6 is 0 Å². The topological polar surface area (TPSA) is 34.2 Å². The minimum absolute atomic E-state index is 0.641. The van der Waals surface area contributed by atoms with Crippen molar-refractivity contribution < 1.29 is 4.74 Å². The van der Waals surface area contributed by atoms with Crippen LogP contribution in [-0.4, -0.2) is 24.7 Å². The van der Waals surface area contributed by atoms with Crippen molar-refractivity contribution in [1.82, 2.24) is 10.3 Å². The third-order valence-electron chi connectivity index (χ3n) is 3.89. The number of nitrogens with zero attached hydrogens (tertiary/aromatic N) is 1. The third kappa shape index (κ3) is 4.78. The quantitative estimate of drug-likeness (QED) is 0.746. The zero-order chi connectivity index (χ0) is 15.0. The highest BCUT2D eigenvalue weighted by atomic mass is 16.5. The van der Waals surface area contributed by atoms with Gasteiger partial charge in [-0.25, -0.2) is 0 Å². The zero-order valence-electron chi connectivity index (χ0n) is 13.8. The van der Waals surface area contributed by atoms with Crippen LogP contribution in [0.2, 0.25) is 0 Å². The van der Waals surface area contributed by atoms with E-state index in [4.69, 9.17) is 4.74 Å². The van der Waals surface area contributed by atoms with E-state index in [1.165, 1.54) is 36.9 Å². The lowest BCUT2D eigenvalue weighted by Gasteiger charge is -2.17. The van der Waals surface area contributed by atoms with Crippen molar-refractivity contribution in [3.63, 3.8) is 0 Å². The summed E-state index contributed by atoms with van der Waals surface area (Å²) in [5, 5.41) is 3.61. The molecule has 1 aromatic rings.